The predicted molar refractivity (Wildman–Crippen MR) is 143 cm³/mol. The number of hydrogen-bond donors (Lipinski definition) is 4. The Labute approximate surface area is 208 Å². The Bertz CT molecular complexity index is 1730. The summed E-state index contributed by atoms with van der Waals surface area (Å²) in [4.78, 5) is 33.6. The van der Waals surface area contributed by atoms with Crippen LogP contribution in [0.3, 0.4) is 0 Å². The number of amides is 2. The number of aromatic amines is 2. The number of nitrogens with one attached hydrogen (secondary N) is 3. The third-order valence-electron chi connectivity index (χ3n) is 7.12. The van der Waals surface area contributed by atoms with Gasteiger partial charge in [0, 0.05) is 57.3 Å². The Morgan fingerprint density at radius 2 is 1.36 bits per heavy atom. The van der Waals surface area contributed by atoms with Gasteiger partial charge < -0.3 is 15.7 Å². The fourth-order valence-corrected chi connectivity index (χ4v) is 5.38. The molecule has 0 fully saturated rings. The van der Waals surface area contributed by atoms with Crippen LogP contribution in [0, 0.1) is 13.8 Å². The Morgan fingerprint density at radius 3 is 2.06 bits per heavy atom. The number of imide groups is 1. The van der Waals surface area contributed by atoms with Crippen LogP contribution in [0.5, 0.6) is 0 Å². The molecule has 0 aliphatic carbocycles. The van der Waals surface area contributed by atoms with Gasteiger partial charge in [0.1, 0.15) is 0 Å². The van der Waals surface area contributed by atoms with Crippen LogP contribution in [-0.4, -0.2) is 21.8 Å². The maximum atomic E-state index is 13.4. The molecule has 0 atom stereocenters. The van der Waals surface area contributed by atoms with Crippen molar-refractivity contribution < 1.29 is 9.59 Å². The Balaban J connectivity index is 1.65. The fraction of sp³-hybridized carbons (Fsp3) is 0.133. The van der Waals surface area contributed by atoms with Crippen molar-refractivity contribution in [3.05, 3.63) is 106 Å². The number of aryl methyl sites for hydroxylation is 2. The highest BCUT2D eigenvalue weighted by Gasteiger charge is 2.36. The molecule has 0 saturated heterocycles. The van der Waals surface area contributed by atoms with Crippen LogP contribution in [-0.2, 0) is 22.6 Å². The van der Waals surface area contributed by atoms with Gasteiger partial charge in [-0.2, -0.15) is 0 Å². The number of aromatic nitrogens is 2. The highest BCUT2D eigenvalue weighted by atomic mass is 16.2. The van der Waals surface area contributed by atoms with Crippen molar-refractivity contribution in [1.82, 2.24) is 15.3 Å². The standard InChI is InChI=1S/C30H26N4O2/c1-16-11-12-18(15-31)13-19(16)14-24-26(21-8-4-6-10-23(21)33-24)28-27(29(35)34-30(28)36)25-17(2)32-22-9-5-3-7-20(22)25/h3-13,32-33H,14-15,31H2,1-2H3,(H,34,35,36). The van der Waals surface area contributed by atoms with Crippen LogP contribution in [0.15, 0.2) is 66.7 Å². The number of nitrogens with two attached hydrogens (primary N) is 1. The first-order valence-corrected chi connectivity index (χ1v) is 12.0. The van der Waals surface area contributed by atoms with E-state index in [1.54, 1.807) is 0 Å². The van der Waals surface area contributed by atoms with Gasteiger partial charge in [-0.1, -0.05) is 54.6 Å². The minimum absolute atomic E-state index is 0.375. The molecule has 0 radical (unpaired) electrons. The van der Waals surface area contributed by atoms with Crippen LogP contribution in [0.25, 0.3) is 33.0 Å². The van der Waals surface area contributed by atoms with Crippen LogP contribution < -0.4 is 11.1 Å². The summed E-state index contributed by atoms with van der Waals surface area (Å²) in [6.45, 7) is 4.47. The van der Waals surface area contributed by atoms with E-state index in [1.165, 1.54) is 0 Å². The molecule has 6 rings (SSSR count). The van der Waals surface area contributed by atoms with Crippen molar-refractivity contribution in [2.24, 2.45) is 5.73 Å². The van der Waals surface area contributed by atoms with Gasteiger partial charge in [-0.25, -0.2) is 0 Å². The van der Waals surface area contributed by atoms with Gasteiger partial charge in [0.05, 0.1) is 11.1 Å². The number of rotatable bonds is 5. The van der Waals surface area contributed by atoms with Crippen molar-refractivity contribution in [3.63, 3.8) is 0 Å². The van der Waals surface area contributed by atoms with E-state index in [0.29, 0.717) is 24.1 Å². The first-order chi connectivity index (χ1) is 17.5. The average Bonchev–Trinajstić information content (AvgIpc) is 3.49. The molecule has 36 heavy (non-hydrogen) atoms. The second kappa shape index (κ2) is 8.36. The van der Waals surface area contributed by atoms with Gasteiger partial charge in [0.2, 0.25) is 0 Å². The van der Waals surface area contributed by atoms with Gasteiger partial charge in [-0.05, 0) is 42.7 Å². The first-order valence-electron chi connectivity index (χ1n) is 12.0. The number of H-pyrrole nitrogens is 2. The zero-order valence-electron chi connectivity index (χ0n) is 20.2. The monoisotopic (exact) mass is 474 g/mol. The summed E-state index contributed by atoms with van der Waals surface area (Å²) in [6.07, 6.45) is 0.578. The number of fused-ring (bicyclic) bond motifs is 2. The number of para-hydroxylation sites is 2. The number of hydrogen-bond acceptors (Lipinski definition) is 3. The molecule has 2 amide bonds. The maximum Gasteiger partial charge on any atom is 0.259 e. The van der Waals surface area contributed by atoms with Crippen molar-refractivity contribution in [2.75, 3.05) is 0 Å². The lowest BCUT2D eigenvalue weighted by Gasteiger charge is -2.11. The van der Waals surface area contributed by atoms with Gasteiger partial charge in [-0.3, -0.25) is 14.9 Å². The van der Waals surface area contributed by atoms with Crippen LogP contribution in [0.4, 0.5) is 0 Å². The van der Waals surface area contributed by atoms with Crippen LogP contribution >= 0.6 is 0 Å². The number of carbonyl (C=O) groups is 2. The topological polar surface area (TPSA) is 104 Å². The zero-order chi connectivity index (χ0) is 25.0. The van der Waals surface area contributed by atoms with E-state index in [9.17, 15) is 9.59 Å². The molecule has 5 aromatic rings. The molecule has 178 valence electrons. The average molecular weight is 475 g/mol. The summed E-state index contributed by atoms with van der Waals surface area (Å²) in [7, 11) is 0. The quantitative estimate of drug-likeness (QED) is 0.273. The molecule has 5 N–H and O–H groups in total. The molecule has 0 unspecified atom stereocenters. The second-order valence-corrected chi connectivity index (χ2v) is 9.37. The molecule has 6 heteroatoms. The summed E-state index contributed by atoms with van der Waals surface area (Å²) in [5, 5.41) is 4.40. The van der Waals surface area contributed by atoms with E-state index in [2.05, 4.69) is 34.3 Å². The second-order valence-electron chi connectivity index (χ2n) is 9.37. The lowest BCUT2D eigenvalue weighted by molar-refractivity contribution is -0.122. The highest BCUT2D eigenvalue weighted by molar-refractivity contribution is 6.51. The minimum atomic E-state index is -0.377. The highest BCUT2D eigenvalue weighted by Crippen LogP contribution is 2.41. The van der Waals surface area contributed by atoms with E-state index in [0.717, 1.165) is 61.0 Å². The first kappa shape index (κ1) is 22.1. The molecule has 1 aliphatic heterocycles. The summed E-state index contributed by atoms with van der Waals surface area (Å²) in [5.41, 5.74) is 15.2. The third-order valence-corrected chi connectivity index (χ3v) is 7.12. The molecular weight excluding hydrogens is 448 g/mol. The molecule has 3 heterocycles. The predicted octanol–water partition coefficient (Wildman–Crippen LogP) is 4.88. The zero-order valence-corrected chi connectivity index (χ0v) is 20.2. The lowest BCUT2D eigenvalue weighted by atomic mass is 9.90. The molecule has 6 nitrogen and oxygen atoms in total. The fourth-order valence-electron chi connectivity index (χ4n) is 5.38. The molecule has 0 bridgehead atoms. The number of carbonyl (C=O) groups excluding carboxylic acids is 2. The maximum absolute atomic E-state index is 13.4. The summed E-state index contributed by atoms with van der Waals surface area (Å²) < 4.78 is 0. The smallest absolute Gasteiger partial charge is 0.259 e. The molecular formula is C30H26N4O2. The van der Waals surface area contributed by atoms with E-state index in [-0.39, 0.29) is 11.8 Å². The molecule has 2 aromatic heterocycles. The number of benzene rings is 3. The van der Waals surface area contributed by atoms with E-state index >= 15 is 0 Å². The molecule has 0 spiro atoms. The Hall–Kier alpha value is -4.42. The molecule has 1 aliphatic rings. The van der Waals surface area contributed by atoms with Crippen molar-refractivity contribution in [1.29, 1.82) is 0 Å². The lowest BCUT2D eigenvalue weighted by Crippen LogP contribution is -2.23. The van der Waals surface area contributed by atoms with Gasteiger partial charge >= 0.3 is 0 Å². The Kier molecular flexibility index (Phi) is 5.12. The van der Waals surface area contributed by atoms with E-state index in [1.807, 2.05) is 61.5 Å². The van der Waals surface area contributed by atoms with Crippen molar-refractivity contribution in [2.45, 2.75) is 26.8 Å². The van der Waals surface area contributed by atoms with Crippen LogP contribution in [0.1, 0.15) is 39.2 Å². The molecule has 0 saturated carbocycles. The SMILES string of the molecule is Cc1ccc(CN)cc1Cc1[nH]c2ccccc2c1C1=C(c2c(C)[nH]c3ccccc23)C(=O)NC1=O. The molecule has 3 aromatic carbocycles. The van der Waals surface area contributed by atoms with E-state index in [4.69, 9.17) is 5.73 Å². The van der Waals surface area contributed by atoms with Crippen molar-refractivity contribution >= 4 is 44.8 Å². The normalized spacial score (nSPS) is 13.9. The summed E-state index contributed by atoms with van der Waals surface area (Å²) >= 11 is 0. The van der Waals surface area contributed by atoms with E-state index < -0.39 is 0 Å². The minimum Gasteiger partial charge on any atom is -0.358 e. The summed E-state index contributed by atoms with van der Waals surface area (Å²) in [6, 6.07) is 22.0. The summed E-state index contributed by atoms with van der Waals surface area (Å²) in [5.74, 6) is -0.751. The third kappa shape index (κ3) is 3.38. The Morgan fingerprint density at radius 1 is 0.750 bits per heavy atom. The van der Waals surface area contributed by atoms with Crippen LogP contribution in [0.2, 0.25) is 0 Å². The van der Waals surface area contributed by atoms with Gasteiger partial charge in [0.25, 0.3) is 11.8 Å². The van der Waals surface area contributed by atoms with Gasteiger partial charge in [0.15, 0.2) is 0 Å². The largest absolute Gasteiger partial charge is 0.358 e. The van der Waals surface area contributed by atoms with Gasteiger partial charge in [-0.15, -0.1) is 0 Å². The van der Waals surface area contributed by atoms with Crippen molar-refractivity contribution in [3.8, 4) is 0 Å².